The van der Waals surface area contributed by atoms with Gasteiger partial charge in [0.15, 0.2) is 5.65 Å². The van der Waals surface area contributed by atoms with E-state index in [1.165, 1.54) is 16.7 Å². The summed E-state index contributed by atoms with van der Waals surface area (Å²) in [5.74, 6) is -0.148. The van der Waals surface area contributed by atoms with E-state index in [0.717, 1.165) is 11.3 Å². The first kappa shape index (κ1) is 21.7. The summed E-state index contributed by atoms with van der Waals surface area (Å²) in [6, 6.07) is 30.3. The Morgan fingerprint density at radius 2 is 1.41 bits per heavy atom. The zero-order chi connectivity index (χ0) is 23.7. The van der Waals surface area contributed by atoms with Crippen LogP contribution in [0.4, 0.5) is 5.69 Å². The van der Waals surface area contributed by atoms with E-state index in [4.69, 9.17) is 4.98 Å². The second-order valence-electron chi connectivity index (χ2n) is 9.50. The van der Waals surface area contributed by atoms with Gasteiger partial charge in [0.2, 0.25) is 0 Å². The van der Waals surface area contributed by atoms with Crippen molar-refractivity contribution >= 4 is 17.2 Å². The Morgan fingerprint density at radius 3 is 2.09 bits per heavy atom. The maximum absolute atomic E-state index is 12.9. The zero-order valence-electron chi connectivity index (χ0n) is 19.6. The van der Waals surface area contributed by atoms with Gasteiger partial charge in [-0.25, -0.2) is 4.98 Å². The summed E-state index contributed by atoms with van der Waals surface area (Å²) in [5.41, 5.74) is 7.49. The van der Waals surface area contributed by atoms with Crippen LogP contribution in [0.2, 0.25) is 0 Å². The first-order chi connectivity index (χ1) is 16.4. The van der Waals surface area contributed by atoms with Gasteiger partial charge >= 0.3 is 0 Å². The van der Waals surface area contributed by atoms with Crippen molar-refractivity contribution < 1.29 is 4.79 Å². The molecule has 0 radical (unpaired) electrons. The lowest BCUT2D eigenvalue weighted by Gasteiger charge is -2.19. The number of amides is 1. The predicted octanol–water partition coefficient (Wildman–Crippen LogP) is 7.22. The maximum atomic E-state index is 12.9. The molecule has 4 heteroatoms. The second-order valence-corrected chi connectivity index (χ2v) is 9.50. The molecule has 0 bridgehead atoms. The van der Waals surface area contributed by atoms with Crippen LogP contribution >= 0.6 is 0 Å². The van der Waals surface area contributed by atoms with E-state index in [-0.39, 0.29) is 11.3 Å². The van der Waals surface area contributed by atoms with Crippen LogP contribution in [0.5, 0.6) is 0 Å². The minimum atomic E-state index is -0.148. The lowest BCUT2D eigenvalue weighted by Crippen LogP contribution is -2.14. The number of hydrogen-bond donors (Lipinski definition) is 1. The summed E-state index contributed by atoms with van der Waals surface area (Å²) in [5, 5.41) is 3.03. The molecule has 1 N–H and O–H groups in total. The summed E-state index contributed by atoms with van der Waals surface area (Å²) in [7, 11) is 0. The van der Waals surface area contributed by atoms with Gasteiger partial charge in [0, 0.05) is 23.5 Å². The molecule has 0 atom stereocenters. The average Bonchev–Trinajstić information content (AvgIpc) is 3.30. The predicted molar refractivity (Wildman–Crippen MR) is 139 cm³/mol. The van der Waals surface area contributed by atoms with Gasteiger partial charge in [-0.3, -0.25) is 4.79 Å². The third-order valence-electron chi connectivity index (χ3n) is 6.03. The number of imidazole rings is 1. The van der Waals surface area contributed by atoms with Crippen LogP contribution in [0.25, 0.3) is 28.0 Å². The zero-order valence-corrected chi connectivity index (χ0v) is 19.6. The molecule has 168 valence electrons. The van der Waals surface area contributed by atoms with Crippen molar-refractivity contribution in [2.45, 2.75) is 26.2 Å². The van der Waals surface area contributed by atoms with Crippen molar-refractivity contribution in [2.24, 2.45) is 0 Å². The highest BCUT2D eigenvalue weighted by molar-refractivity contribution is 6.06. The van der Waals surface area contributed by atoms with Crippen molar-refractivity contribution in [3.63, 3.8) is 0 Å². The van der Waals surface area contributed by atoms with E-state index < -0.39 is 0 Å². The van der Waals surface area contributed by atoms with Crippen LogP contribution in [0.3, 0.4) is 0 Å². The lowest BCUT2D eigenvalue weighted by molar-refractivity contribution is 0.102. The Balaban J connectivity index is 1.40. The number of rotatable bonds is 4. The first-order valence-corrected chi connectivity index (χ1v) is 11.4. The van der Waals surface area contributed by atoms with E-state index in [1.54, 1.807) is 0 Å². The maximum Gasteiger partial charge on any atom is 0.255 e. The quantitative estimate of drug-likeness (QED) is 0.317. The average molecular weight is 446 g/mol. The number of carbonyl (C=O) groups is 1. The molecule has 0 fully saturated rings. The highest BCUT2D eigenvalue weighted by atomic mass is 16.1. The molecular formula is C30H27N3O. The third kappa shape index (κ3) is 4.35. The van der Waals surface area contributed by atoms with E-state index >= 15 is 0 Å². The SMILES string of the molecule is CC(C)(C)c1ccc(C(=O)Nc2cccn3cc(-c4ccc(-c5ccccc5)cc4)nc23)cc1. The van der Waals surface area contributed by atoms with Gasteiger partial charge in [-0.1, -0.05) is 87.5 Å². The Labute approximate surface area is 199 Å². The second kappa shape index (κ2) is 8.64. The minimum absolute atomic E-state index is 0.0478. The molecule has 2 heterocycles. The first-order valence-electron chi connectivity index (χ1n) is 11.4. The molecule has 4 nitrogen and oxygen atoms in total. The molecule has 3 aromatic carbocycles. The number of nitrogens with zero attached hydrogens (tertiary/aromatic N) is 2. The molecule has 34 heavy (non-hydrogen) atoms. The number of carbonyl (C=O) groups excluding carboxylic acids is 1. The number of anilines is 1. The summed E-state index contributed by atoms with van der Waals surface area (Å²) >= 11 is 0. The van der Waals surface area contributed by atoms with Gasteiger partial charge in [-0.15, -0.1) is 0 Å². The van der Waals surface area contributed by atoms with E-state index in [9.17, 15) is 4.79 Å². The van der Waals surface area contributed by atoms with Crippen LogP contribution < -0.4 is 5.32 Å². The summed E-state index contributed by atoms with van der Waals surface area (Å²) < 4.78 is 1.94. The molecule has 0 spiro atoms. The number of aromatic nitrogens is 2. The third-order valence-corrected chi connectivity index (χ3v) is 6.03. The van der Waals surface area contributed by atoms with Crippen molar-refractivity contribution in [1.29, 1.82) is 0 Å². The molecule has 0 saturated heterocycles. The molecule has 0 saturated carbocycles. The number of nitrogens with one attached hydrogen (secondary N) is 1. The number of hydrogen-bond acceptors (Lipinski definition) is 2. The van der Waals surface area contributed by atoms with Crippen LogP contribution in [-0.2, 0) is 5.41 Å². The fourth-order valence-electron chi connectivity index (χ4n) is 4.03. The highest BCUT2D eigenvalue weighted by Crippen LogP contribution is 2.27. The Bertz CT molecular complexity index is 1440. The van der Waals surface area contributed by atoms with Crippen molar-refractivity contribution in [3.05, 3.63) is 115 Å². The van der Waals surface area contributed by atoms with Crippen LogP contribution in [0, 0.1) is 0 Å². The molecule has 0 aliphatic rings. The Hall–Kier alpha value is -4.18. The van der Waals surface area contributed by atoms with E-state index in [0.29, 0.717) is 16.9 Å². The summed E-state index contributed by atoms with van der Waals surface area (Å²) in [6.45, 7) is 6.48. The number of fused-ring (bicyclic) bond motifs is 1. The molecule has 5 aromatic rings. The topological polar surface area (TPSA) is 46.4 Å². The smallest absolute Gasteiger partial charge is 0.255 e. The molecule has 5 rings (SSSR count). The fraction of sp³-hybridized carbons (Fsp3) is 0.133. The highest BCUT2D eigenvalue weighted by Gasteiger charge is 2.15. The Morgan fingerprint density at radius 1 is 0.765 bits per heavy atom. The molecular weight excluding hydrogens is 418 g/mol. The monoisotopic (exact) mass is 445 g/mol. The number of pyridine rings is 1. The van der Waals surface area contributed by atoms with Crippen molar-refractivity contribution in [2.75, 3.05) is 5.32 Å². The van der Waals surface area contributed by atoms with Crippen LogP contribution in [-0.4, -0.2) is 15.3 Å². The van der Waals surface area contributed by atoms with Gasteiger partial charge in [-0.2, -0.15) is 0 Å². The van der Waals surface area contributed by atoms with Crippen LogP contribution in [0.1, 0.15) is 36.7 Å². The van der Waals surface area contributed by atoms with Gasteiger partial charge in [0.1, 0.15) is 0 Å². The molecule has 1 amide bonds. The van der Waals surface area contributed by atoms with E-state index in [1.807, 2.05) is 71.4 Å². The van der Waals surface area contributed by atoms with Crippen LogP contribution in [0.15, 0.2) is 103 Å². The summed E-state index contributed by atoms with van der Waals surface area (Å²) in [4.78, 5) is 17.7. The van der Waals surface area contributed by atoms with Gasteiger partial charge < -0.3 is 9.72 Å². The molecule has 2 aromatic heterocycles. The fourth-order valence-corrected chi connectivity index (χ4v) is 4.03. The van der Waals surface area contributed by atoms with Gasteiger partial charge in [0.05, 0.1) is 11.4 Å². The summed E-state index contributed by atoms with van der Waals surface area (Å²) in [6.07, 6.45) is 3.93. The minimum Gasteiger partial charge on any atom is -0.319 e. The van der Waals surface area contributed by atoms with Gasteiger partial charge in [0.25, 0.3) is 5.91 Å². The van der Waals surface area contributed by atoms with Crippen molar-refractivity contribution in [1.82, 2.24) is 9.38 Å². The normalized spacial score (nSPS) is 11.5. The van der Waals surface area contributed by atoms with E-state index in [2.05, 4.69) is 62.5 Å². The number of benzene rings is 3. The largest absolute Gasteiger partial charge is 0.319 e. The molecule has 0 aliphatic carbocycles. The lowest BCUT2D eigenvalue weighted by atomic mass is 9.87. The standard InChI is InChI=1S/C30H27N3O/c1-30(2,3)25-17-15-24(16-18-25)29(34)32-26-10-7-19-33-20-27(31-28(26)33)23-13-11-22(12-14-23)21-8-5-4-6-9-21/h4-20H,1-3H3,(H,32,34). The Kier molecular flexibility index (Phi) is 5.50. The molecule has 0 unspecified atom stereocenters. The van der Waals surface area contributed by atoms with Gasteiger partial charge in [-0.05, 0) is 46.4 Å². The molecule has 0 aliphatic heterocycles. The van der Waals surface area contributed by atoms with Crippen molar-refractivity contribution in [3.8, 4) is 22.4 Å².